The lowest BCUT2D eigenvalue weighted by atomic mass is 10.1. The lowest BCUT2D eigenvalue weighted by Crippen LogP contribution is -2.20. The summed E-state index contributed by atoms with van der Waals surface area (Å²) in [6, 6.07) is 18.0. The highest BCUT2D eigenvalue weighted by Gasteiger charge is 2.43. The van der Waals surface area contributed by atoms with Gasteiger partial charge in [0.2, 0.25) is 5.91 Å². The molecule has 4 rings (SSSR count). The van der Waals surface area contributed by atoms with Crippen molar-refractivity contribution in [3.63, 3.8) is 0 Å². The Morgan fingerprint density at radius 2 is 1.92 bits per heavy atom. The molecule has 2 atom stereocenters. The fourth-order valence-corrected chi connectivity index (χ4v) is 3.02. The average Bonchev–Trinajstić information content (AvgIpc) is 3.43. The summed E-state index contributed by atoms with van der Waals surface area (Å²) in [5.41, 5.74) is 5.84. The van der Waals surface area contributed by atoms with Crippen LogP contribution in [0, 0.1) is 5.92 Å². The monoisotopic (exact) mass is 318 g/mol. The summed E-state index contributed by atoms with van der Waals surface area (Å²) >= 11 is 0. The van der Waals surface area contributed by atoms with Crippen LogP contribution < -0.4 is 10.2 Å². The zero-order chi connectivity index (χ0) is 16.4. The minimum absolute atomic E-state index is 0.0159. The molecule has 1 N–H and O–H groups in total. The number of hydrogen-bond acceptors (Lipinski definition) is 3. The molecule has 1 heterocycles. The fraction of sp³-hybridized carbons (Fsp3) is 0.200. The third kappa shape index (κ3) is 3.08. The fourth-order valence-electron chi connectivity index (χ4n) is 3.02. The van der Waals surface area contributed by atoms with Crippen LogP contribution in [-0.4, -0.2) is 18.7 Å². The molecule has 0 unspecified atom stereocenters. The van der Waals surface area contributed by atoms with Gasteiger partial charge in [0.15, 0.2) is 0 Å². The Kier molecular flexibility index (Phi) is 3.87. The van der Waals surface area contributed by atoms with Gasteiger partial charge < -0.3 is 4.74 Å². The van der Waals surface area contributed by atoms with E-state index in [-0.39, 0.29) is 11.8 Å². The summed E-state index contributed by atoms with van der Waals surface area (Å²) in [6.07, 6.45) is 4.58. The van der Waals surface area contributed by atoms with Crippen LogP contribution in [0.15, 0.2) is 65.3 Å². The largest absolute Gasteiger partial charge is 0.488 e. The molecule has 2 aliphatic rings. The van der Waals surface area contributed by atoms with E-state index in [0.717, 1.165) is 23.3 Å². The second-order valence-electron chi connectivity index (χ2n) is 6.14. The maximum atomic E-state index is 12.2. The highest BCUT2D eigenvalue weighted by molar-refractivity contribution is 5.89. The van der Waals surface area contributed by atoms with Crippen LogP contribution in [0.2, 0.25) is 0 Å². The van der Waals surface area contributed by atoms with Gasteiger partial charge in [-0.3, -0.25) is 4.79 Å². The SMILES string of the molecule is O=C(N/N=C\C1=Cc2ccccc2OC1)[C@H]1C[C@@H]1c1ccccc1. The zero-order valence-corrected chi connectivity index (χ0v) is 13.2. The van der Waals surface area contributed by atoms with E-state index in [1.165, 1.54) is 5.56 Å². The van der Waals surface area contributed by atoms with E-state index in [9.17, 15) is 4.79 Å². The number of carbonyl (C=O) groups excluding carboxylic acids is 1. The Hall–Kier alpha value is -2.88. The molecule has 0 bridgehead atoms. The molecule has 4 heteroatoms. The van der Waals surface area contributed by atoms with Gasteiger partial charge in [0.25, 0.3) is 0 Å². The van der Waals surface area contributed by atoms with E-state index in [1.807, 2.05) is 48.5 Å². The van der Waals surface area contributed by atoms with Crippen LogP contribution in [0.25, 0.3) is 6.08 Å². The van der Waals surface area contributed by atoms with Crippen LogP contribution >= 0.6 is 0 Å². The minimum atomic E-state index is -0.0159. The Morgan fingerprint density at radius 3 is 2.79 bits per heavy atom. The van der Waals surface area contributed by atoms with Crippen LogP contribution in [0.4, 0.5) is 0 Å². The first-order valence-corrected chi connectivity index (χ1v) is 8.11. The van der Waals surface area contributed by atoms with Crippen molar-refractivity contribution in [2.24, 2.45) is 11.0 Å². The highest BCUT2D eigenvalue weighted by atomic mass is 16.5. The van der Waals surface area contributed by atoms with E-state index < -0.39 is 0 Å². The van der Waals surface area contributed by atoms with Crippen molar-refractivity contribution in [1.82, 2.24) is 5.43 Å². The lowest BCUT2D eigenvalue weighted by molar-refractivity contribution is -0.122. The van der Waals surface area contributed by atoms with Crippen molar-refractivity contribution < 1.29 is 9.53 Å². The van der Waals surface area contributed by atoms with Crippen molar-refractivity contribution >= 4 is 18.2 Å². The summed E-state index contributed by atoms with van der Waals surface area (Å²) in [6.45, 7) is 0.465. The van der Waals surface area contributed by atoms with Gasteiger partial charge in [-0.2, -0.15) is 5.10 Å². The van der Waals surface area contributed by atoms with Crippen molar-refractivity contribution in [3.05, 3.63) is 71.3 Å². The van der Waals surface area contributed by atoms with Crippen molar-refractivity contribution in [2.75, 3.05) is 6.61 Å². The number of hydrogen-bond donors (Lipinski definition) is 1. The second kappa shape index (κ2) is 6.32. The number of nitrogens with zero attached hydrogens (tertiary/aromatic N) is 1. The normalized spacial score (nSPS) is 21.6. The maximum absolute atomic E-state index is 12.2. The van der Waals surface area contributed by atoms with Crippen LogP contribution in [0.5, 0.6) is 5.75 Å². The molecule has 0 aromatic heterocycles. The highest BCUT2D eigenvalue weighted by Crippen LogP contribution is 2.47. The topological polar surface area (TPSA) is 50.7 Å². The third-order valence-corrected chi connectivity index (χ3v) is 4.41. The maximum Gasteiger partial charge on any atom is 0.243 e. The molecule has 1 fully saturated rings. The summed E-state index contributed by atoms with van der Waals surface area (Å²) < 4.78 is 5.66. The van der Waals surface area contributed by atoms with E-state index in [4.69, 9.17) is 4.74 Å². The number of benzene rings is 2. The van der Waals surface area contributed by atoms with Gasteiger partial charge in [0.1, 0.15) is 12.4 Å². The molecule has 2 aromatic carbocycles. The van der Waals surface area contributed by atoms with E-state index in [2.05, 4.69) is 22.7 Å². The quantitative estimate of drug-likeness (QED) is 0.694. The van der Waals surface area contributed by atoms with Gasteiger partial charge in [-0.25, -0.2) is 5.43 Å². The standard InChI is InChI=1S/C20H18N2O2/c23-20(18-11-17(18)15-6-2-1-3-7-15)22-21-12-14-10-16-8-4-5-9-19(16)24-13-14/h1-10,12,17-18H,11,13H2,(H,22,23)/b21-12-/t17-,18+/m1/s1. The first-order valence-electron chi connectivity index (χ1n) is 8.11. The van der Waals surface area contributed by atoms with E-state index in [0.29, 0.717) is 12.5 Å². The lowest BCUT2D eigenvalue weighted by Gasteiger charge is -2.15. The number of hydrazone groups is 1. The molecule has 0 spiro atoms. The molecule has 1 aliphatic heterocycles. The van der Waals surface area contributed by atoms with E-state index in [1.54, 1.807) is 6.21 Å². The number of nitrogens with one attached hydrogen (secondary N) is 1. The summed E-state index contributed by atoms with van der Waals surface area (Å²) in [7, 11) is 0. The van der Waals surface area contributed by atoms with Gasteiger partial charge in [-0.15, -0.1) is 0 Å². The Labute approximate surface area is 140 Å². The van der Waals surface area contributed by atoms with Gasteiger partial charge in [-0.1, -0.05) is 48.5 Å². The third-order valence-electron chi connectivity index (χ3n) is 4.41. The number of fused-ring (bicyclic) bond motifs is 1. The minimum Gasteiger partial charge on any atom is -0.488 e. The first kappa shape index (κ1) is 14.7. The molecule has 1 amide bonds. The Balaban J connectivity index is 1.34. The van der Waals surface area contributed by atoms with Crippen LogP contribution in [0.3, 0.4) is 0 Å². The van der Waals surface area contributed by atoms with Crippen molar-refractivity contribution in [3.8, 4) is 5.75 Å². The van der Waals surface area contributed by atoms with Gasteiger partial charge in [-0.05, 0) is 30.0 Å². The molecule has 24 heavy (non-hydrogen) atoms. The predicted octanol–water partition coefficient (Wildman–Crippen LogP) is 3.37. The van der Waals surface area contributed by atoms with Gasteiger partial charge in [0, 0.05) is 17.1 Å². The zero-order valence-electron chi connectivity index (χ0n) is 13.2. The van der Waals surface area contributed by atoms with Crippen molar-refractivity contribution in [2.45, 2.75) is 12.3 Å². The molecular weight excluding hydrogens is 300 g/mol. The first-order chi connectivity index (χ1) is 11.8. The van der Waals surface area contributed by atoms with Crippen LogP contribution in [-0.2, 0) is 4.79 Å². The second-order valence-corrected chi connectivity index (χ2v) is 6.14. The van der Waals surface area contributed by atoms with Gasteiger partial charge >= 0.3 is 0 Å². The number of carbonyl (C=O) groups is 1. The van der Waals surface area contributed by atoms with Crippen LogP contribution in [0.1, 0.15) is 23.5 Å². The molecular formula is C20H18N2O2. The number of para-hydroxylation sites is 1. The molecule has 120 valence electrons. The number of amides is 1. The molecule has 0 radical (unpaired) electrons. The van der Waals surface area contributed by atoms with Crippen molar-refractivity contribution in [1.29, 1.82) is 0 Å². The summed E-state index contributed by atoms with van der Waals surface area (Å²) in [4.78, 5) is 12.2. The van der Waals surface area contributed by atoms with E-state index >= 15 is 0 Å². The summed E-state index contributed by atoms with van der Waals surface area (Å²) in [5.74, 6) is 1.22. The smallest absolute Gasteiger partial charge is 0.243 e. The van der Waals surface area contributed by atoms with Gasteiger partial charge in [0.05, 0.1) is 6.21 Å². The molecule has 2 aromatic rings. The molecule has 0 saturated heterocycles. The Morgan fingerprint density at radius 1 is 1.12 bits per heavy atom. The molecule has 4 nitrogen and oxygen atoms in total. The molecule has 1 aliphatic carbocycles. The summed E-state index contributed by atoms with van der Waals surface area (Å²) in [5, 5.41) is 4.08. The molecule has 1 saturated carbocycles. The predicted molar refractivity (Wildman–Crippen MR) is 93.8 cm³/mol. The number of ether oxygens (including phenoxy) is 1. The Bertz CT molecular complexity index is 811. The average molecular weight is 318 g/mol. The number of rotatable bonds is 4.